The first-order valence-corrected chi connectivity index (χ1v) is 8.46. The van der Waals surface area contributed by atoms with Gasteiger partial charge in [-0.25, -0.2) is 4.79 Å². The molecule has 0 bridgehead atoms. The van der Waals surface area contributed by atoms with Gasteiger partial charge in [-0.05, 0) is 37.1 Å². The highest BCUT2D eigenvalue weighted by Gasteiger charge is 2.36. The third kappa shape index (κ3) is 3.59. The Balaban J connectivity index is 1.84. The van der Waals surface area contributed by atoms with Crippen LogP contribution in [0.1, 0.15) is 33.6 Å². The Labute approximate surface area is 151 Å². The number of anilines is 1. The summed E-state index contributed by atoms with van der Waals surface area (Å²) in [5.74, 6) is -1.000. The number of carbonyl (C=O) groups is 3. The Morgan fingerprint density at radius 1 is 1.04 bits per heavy atom. The number of carbonyl (C=O) groups excluding carboxylic acids is 3. The van der Waals surface area contributed by atoms with Gasteiger partial charge < -0.3 is 15.0 Å². The van der Waals surface area contributed by atoms with E-state index in [1.807, 2.05) is 6.07 Å². The first-order valence-electron chi connectivity index (χ1n) is 8.46. The third-order valence-electron chi connectivity index (χ3n) is 4.43. The second kappa shape index (κ2) is 7.82. The average Bonchev–Trinajstić information content (AvgIpc) is 3.18. The quantitative estimate of drug-likeness (QED) is 0.859. The van der Waals surface area contributed by atoms with E-state index >= 15 is 0 Å². The molecule has 1 fully saturated rings. The van der Waals surface area contributed by atoms with Gasteiger partial charge in [0.25, 0.3) is 11.8 Å². The summed E-state index contributed by atoms with van der Waals surface area (Å²) in [7, 11) is 1.32. The highest BCUT2D eigenvalue weighted by Crippen LogP contribution is 2.25. The summed E-state index contributed by atoms with van der Waals surface area (Å²) in [5, 5.41) is 2.79. The second-order valence-corrected chi connectivity index (χ2v) is 6.05. The standard InChI is InChI=1S/C20H20N2O4/c1-26-20(25)17-12-7-13-22(17)19(24)15-10-5-6-11-16(15)21-18(23)14-8-3-2-4-9-14/h2-6,8-11,17H,7,12-13H2,1H3,(H,21,23)/t17-/m0/s1. The van der Waals surface area contributed by atoms with E-state index in [1.165, 1.54) is 12.0 Å². The first kappa shape index (κ1) is 17.7. The maximum atomic E-state index is 13.0. The van der Waals surface area contributed by atoms with Crippen molar-refractivity contribution >= 4 is 23.5 Å². The molecule has 1 N–H and O–H groups in total. The number of likely N-dealkylation sites (tertiary alicyclic amines) is 1. The molecule has 1 heterocycles. The van der Waals surface area contributed by atoms with E-state index in [9.17, 15) is 14.4 Å². The van der Waals surface area contributed by atoms with Crippen molar-refractivity contribution in [3.63, 3.8) is 0 Å². The summed E-state index contributed by atoms with van der Waals surface area (Å²) in [5.41, 5.74) is 1.28. The van der Waals surface area contributed by atoms with Crippen LogP contribution in [0.5, 0.6) is 0 Å². The normalized spacial score (nSPS) is 16.2. The lowest BCUT2D eigenvalue weighted by molar-refractivity contribution is -0.145. The van der Waals surface area contributed by atoms with Crippen LogP contribution in [0.2, 0.25) is 0 Å². The van der Waals surface area contributed by atoms with Crippen LogP contribution in [0, 0.1) is 0 Å². The lowest BCUT2D eigenvalue weighted by Crippen LogP contribution is -2.41. The van der Waals surface area contributed by atoms with Gasteiger partial charge in [-0.2, -0.15) is 0 Å². The Morgan fingerprint density at radius 2 is 1.73 bits per heavy atom. The van der Waals surface area contributed by atoms with E-state index in [1.54, 1.807) is 48.5 Å². The molecule has 0 radical (unpaired) electrons. The van der Waals surface area contributed by atoms with E-state index in [2.05, 4.69) is 5.32 Å². The first-order chi connectivity index (χ1) is 12.6. The molecule has 0 aromatic heterocycles. The molecule has 6 nitrogen and oxygen atoms in total. The number of benzene rings is 2. The molecule has 0 aliphatic carbocycles. The van der Waals surface area contributed by atoms with E-state index in [0.29, 0.717) is 29.8 Å². The monoisotopic (exact) mass is 352 g/mol. The van der Waals surface area contributed by atoms with Crippen LogP contribution in [0.15, 0.2) is 54.6 Å². The zero-order valence-corrected chi connectivity index (χ0v) is 14.5. The van der Waals surface area contributed by atoms with Crippen LogP contribution < -0.4 is 5.32 Å². The molecule has 2 aromatic carbocycles. The van der Waals surface area contributed by atoms with Crippen LogP contribution in [0.3, 0.4) is 0 Å². The highest BCUT2D eigenvalue weighted by molar-refractivity contribution is 6.09. The molecule has 1 saturated heterocycles. The number of rotatable bonds is 4. The molecule has 0 spiro atoms. The number of esters is 1. The van der Waals surface area contributed by atoms with Gasteiger partial charge in [0.2, 0.25) is 0 Å². The topological polar surface area (TPSA) is 75.7 Å². The van der Waals surface area contributed by atoms with Crippen LogP contribution in [-0.2, 0) is 9.53 Å². The van der Waals surface area contributed by atoms with Gasteiger partial charge in [0.1, 0.15) is 6.04 Å². The fourth-order valence-electron chi connectivity index (χ4n) is 3.11. The predicted molar refractivity (Wildman–Crippen MR) is 96.9 cm³/mol. The molecule has 26 heavy (non-hydrogen) atoms. The molecule has 1 aliphatic heterocycles. The number of nitrogens with one attached hydrogen (secondary N) is 1. The number of amides is 2. The molecule has 134 valence electrons. The van der Waals surface area contributed by atoms with Gasteiger partial charge in [0.05, 0.1) is 18.4 Å². The number of para-hydroxylation sites is 1. The average molecular weight is 352 g/mol. The SMILES string of the molecule is COC(=O)[C@@H]1CCCN1C(=O)c1ccccc1NC(=O)c1ccccc1. The molecule has 3 rings (SSSR count). The zero-order valence-electron chi connectivity index (χ0n) is 14.5. The fourth-order valence-corrected chi connectivity index (χ4v) is 3.11. The van der Waals surface area contributed by atoms with E-state index in [-0.39, 0.29) is 11.8 Å². The van der Waals surface area contributed by atoms with Crippen LogP contribution >= 0.6 is 0 Å². The summed E-state index contributed by atoms with van der Waals surface area (Å²) in [6, 6.07) is 15.0. The fraction of sp³-hybridized carbons (Fsp3) is 0.250. The summed E-state index contributed by atoms with van der Waals surface area (Å²) in [4.78, 5) is 38.8. The summed E-state index contributed by atoms with van der Waals surface area (Å²) < 4.78 is 4.80. The van der Waals surface area contributed by atoms with Crippen molar-refractivity contribution < 1.29 is 19.1 Å². The minimum atomic E-state index is -0.578. The van der Waals surface area contributed by atoms with E-state index < -0.39 is 12.0 Å². The maximum absolute atomic E-state index is 13.0. The van der Waals surface area contributed by atoms with Gasteiger partial charge >= 0.3 is 5.97 Å². The largest absolute Gasteiger partial charge is 0.467 e. The summed E-state index contributed by atoms with van der Waals surface area (Å²) >= 11 is 0. The van der Waals surface area contributed by atoms with Gasteiger partial charge in [0.15, 0.2) is 0 Å². The number of hydrogen-bond donors (Lipinski definition) is 1. The van der Waals surface area contributed by atoms with Crippen molar-refractivity contribution in [2.75, 3.05) is 19.0 Å². The number of hydrogen-bond acceptors (Lipinski definition) is 4. The lowest BCUT2D eigenvalue weighted by atomic mass is 10.1. The third-order valence-corrected chi connectivity index (χ3v) is 4.43. The second-order valence-electron chi connectivity index (χ2n) is 6.05. The molecule has 2 amide bonds. The minimum absolute atomic E-state index is 0.290. The van der Waals surface area contributed by atoms with E-state index in [0.717, 1.165) is 6.42 Å². The van der Waals surface area contributed by atoms with Crippen molar-refractivity contribution in [2.24, 2.45) is 0 Å². The van der Waals surface area contributed by atoms with Crippen molar-refractivity contribution in [3.8, 4) is 0 Å². The molecule has 2 aromatic rings. The zero-order chi connectivity index (χ0) is 18.5. The number of ether oxygens (including phenoxy) is 1. The van der Waals surface area contributed by atoms with Crippen molar-refractivity contribution in [3.05, 3.63) is 65.7 Å². The molecule has 0 saturated carbocycles. The van der Waals surface area contributed by atoms with Gasteiger partial charge in [0, 0.05) is 12.1 Å². The highest BCUT2D eigenvalue weighted by atomic mass is 16.5. The van der Waals surface area contributed by atoms with Gasteiger partial charge in [-0.15, -0.1) is 0 Å². The Morgan fingerprint density at radius 3 is 2.46 bits per heavy atom. The van der Waals surface area contributed by atoms with Crippen molar-refractivity contribution in [1.82, 2.24) is 4.90 Å². The molecule has 0 unspecified atom stereocenters. The maximum Gasteiger partial charge on any atom is 0.328 e. The van der Waals surface area contributed by atoms with Crippen molar-refractivity contribution in [1.29, 1.82) is 0 Å². The lowest BCUT2D eigenvalue weighted by Gasteiger charge is -2.23. The Hall–Kier alpha value is -3.15. The van der Waals surface area contributed by atoms with E-state index in [4.69, 9.17) is 4.74 Å². The smallest absolute Gasteiger partial charge is 0.328 e. The predicted octanol–water partition coefficient (Wildman–Crippen LogP) is 2.72. The summed E-state index contributed by atoms with van der Waals surface area (Å²) in [6.45, 7) is 0.486. The molecule has 6 heteroatoms. The van der Waals surface area contributed by atoms with Crippen LogP contribution in [0.4, 0.5) is 5.69 Å². The van der Waals surface area contributed by atoms with Gasteiger partial charge in [-0.1, -0.05) is 30.3 Å². The molecule has 1 atom stereocenters. The van der Waals surface area contributed by atoms with Crippen molar-refractivity contribution in [2.45, 2.75) is 18.9 Å². The Kier molecular flexibility index (Phi) is 5.31. The summed E-state index contributed by atoms with van der Waals surface area (Å²) in [6.07, 6.45) is 1.32. The molecular weight excluding hydrogens is 332 g/mol. The Bertz CT molecular complexity index is 820. The number of nitrogens with zero attached hydrogens (tertiary/aromatic N) is 1. The van der Waals surface area contributed by atoms with Gasteiger partial charge in [-0.3, -0.25) is 9.59 Å². The van der Waals surface area contributed by atoms with Crippen LogP contribution in [0.25, 0.3) is 0 Å². The van der Waals surface area contributed by atoms with Crippen LogP contribution in [-0.4, -0.2) is 42.4 Å². The number of methoxy groups -OCH3 is 1. The molecular formula is C20H20N2O4. The molecule has 1 aliphatic rings. The minimum Gasteiger partial charge on any atom is -0.467 e.